The number of thiazole rings is 1. The minimum atomic E-state index is -0.153. The quantitative estimate of drug-likeness (QED) is 0.482. The van der Waals surface area contributed by atoms with Gasteiger partial charge in [0.15, 0.2) is 3.95 Å². The van der Waals surface area contributed by atoms with Crippen molar-refractivity contribution in [3.8, 4) is 0 Å². The molecule has 1 aliphatic heterocycles. The molecule has 1 aromatic rings. The molecule has 1 saturated heterocycles. The topological polar surface area (TPSA) is 54.1 Å². The SMILES string of the molecule is C=CCCC(=O)OC[C@@H]1C[C@H](c2csc(=S)[nH]2)CN1. The Hall–Kier alpha value is -0.980. The van der Waals surface area contributed by atoms with Crippen LogP contribution in [-0.4, -0.2) is 30.1 Å². The van der Waals surface area contributed by atoms with Crippen LogP contribution in [0.4, 0.5) is 0 Å². The molecule has 19 heavy (non-hydrogen) atoms. The summed E-state index contributed by atoms with van der Waals surface area (Å²) in [5.74, 6) is 0.282. The zero-order chi connectivity index (χ0) is 13.7. The van der Waals surface area contributed by atoms with Crippen LogP contribution in [0.25, 0.3) is 0 Å². The standard InChI is InChI=1S/C13H18N2O2S2/c1-2-3-4-12(16)17-7-10-5-9(6-14-10)11-8-19-13(18)15-11/h2,8-10,14H,1,3-7H2,(H,15,18)/t9-,10-/m0/s1. The first-order valence-electron chi connectivity index (χ1n) is 6.36. The summed E-state index contributed by atoms with van der Waals surface area (Å²) in [6.07, 6.45) is 3.78. The van der Waals surface area contributed by atoms with Crippen molar-refractivity contribution < 1.29 is 9.53 Å². The molecule has 6 heteroatoms. The number of allylic oxidation sites excluding steroid dienone is 1. The third-order valence-electron chi connectivity index (χ3n) is 3.20. The molecular formula is C13H18N2O2S2. The number of nitrogens with one attached hydrogen (secondary N) is 2. The zero-order valence-corrected chi connectivity index (χ0v) is 12.3. The summed E-state index contributed by atoms with van der Waals surface area (Å²) < 4.78 is 6.05. The van der Waals surface area contributed by atoms with Crippen molar-refractivity contribution in [1.29, 1.82) is 0 Å². The van der Waals surface area contributed by atoms with Crippen LogP contribution in [0.1, 0.15) is 30.9 Å². The van der Waals surface area contributed by atoms with E-state index in [-0.39, 0.29) is 12.0 Å². The van der Waals surface area contributed by atoms with Crippen molar-refractivity contribution in [2.75, 3.05) is 13.2 Å². The van der Waals surface area contributed by atoms with E-state index >= 15 is 0 Å². The lowest BCUT2D eigenvalue weighted by Crippen LogP contribution is -2.28. The lowest BCUT2D eigenvalue weighted by Gasteiger charge is -2.10. The van der Waals surface area contributed by atoms with Gasteiger partial charge in [0.05, 0.1) is 0 Å². The first-order valence-corrected chi connectivity index (χ1v) is 7.65. The fourth-order valence-electron chi connectivity index (χ4n) is 2.16. The lowest BCUT2D eigenvalue weighted by molar-refractivity contribution is -0.144. The molecule has 0 aromatic carbocycles. The highest BCUT2D eigenvalue weighted by Gasteiger charge is 2.27. The van der Waals surface area contributed by atoms with Crippen molar-refractivity contribution >= 4 is 29.5 Å². The van der Waals surface area contributed by atoms with Gasteiger partial charge in [0.2, 0.25) is 0 Å². The number of aromatic nitrogens is 1. The molecule has 0 bridgehead atoms. The first-order chi connectivity index (χ1) is 9.19. The van der Waals surface area contributed by atoms with E-state index in [9.17, 15) is 4.79 Å². The lowest BCUT2D eigenvalue weighted by atomic mass is 10.0. The summed E-state index contributed by atoms with van der Waals surface area (Å²) >= 11 is 6.65. The van der Waals surface area contributed by atoms with E-state index in [0.29, 0.717) is 25.4 Å². The van der Waals surface area contributed by atoms with E-state index in [4.69, 9.17) is 17.0 Å². The molecule has 2 atom stereocenters. The number of hydrogen-bond acceptors (Lipinski definition) is 5. The van der Waals surface area contributed by atoms with Crippen molar-refractivity contribution in [3.63, 3.8) is 0 Å². The summed E-state index contributed by atoms with van der Waals surface area (Å²) in [7, 11) is 0. The number of ether oxygens (including phenoxy) is 1. The summed E-state index contributed by atoms with van der Waals surface area (Å²) in [5, 5.41) is 5.46. The van der Waals surface area contributed by atoms with Gasteiger partial charge in [-0.05, 0) is 25.1 Å². The van der Waals surface area contributed by atoms with E-state index in [1.54, 1.807) is 17.4 Å². The highest BCUT2D eigenvalue weighted by Crippen LogP contribution is 2.26. The number of hydrogen-bond donors (Lipinski definition) is 2. The van der Waals surface area contributed by atoms with Crippen molar-refractivity contribution in [3.05, 3.63) is 27.7 Å². The van der Waals surface area contributed by atoms with Crippen LogP contribution in [0, 0.1) is 3.95 Å². The van der Waals surface area contributed by atoms with Crippen LogP contribution in [0.2, 0.25) is 0 Å². The van der Waals surface area contributed by atoms with Crippen LogP contribution in [-0.2, 0) is 9.53 Å². The maximum atomic E-state index is 11.4. The Morgan fingerprint density at radius 1 is 1.68 bits per heavy atom. The van der Waals surface area contributed by atoms with Crippen molar-refractivity contribution in [1.82, 2.24) is 10.3 Å². The van der Waals surface area contributed by atoms with Gasteiger partial charge in [0, 0.05) is 36.0 Å². The van der Waals surface area contributed by atoms with Gasteiger partial charge in [0.25, 0.3) is 0 Å². The number of esters is 1. The Balaban J connectivity index is 1.74. The smallest absolute Gasteiger partial charge is 0.306 e. The molecule has 0 saturated carbocycles. The highest BCUT2D eigenvalue weighted by atomic mass is 32.1. The molecule has 0 spiro atoms. The Morgan fingerprint density at radius 2 is 2.53 bits per heavy atom. The van der Waals surface area contributed by atoms with E-state index in [0.717, 1.165) is 16.9 Å². The number of carbonyl (C=O) groups excluding carboxylic acids is 1. The predicted octanol–water partition coefficient (Wildman–Crippen LogP) is 2.76. The zero-order valence-electron chi connectivity index (χ0n) is 10.7. The average Bonchev–Trinajstić information content (AvgIpc) is 3.02. The van der Waals surface area contributed by atoms with Gasteiger partial charge in [-0.1, -0.05) is 6.08 Å². The third kappa shape index (κ3) is 4.26. The summed E-state index contributed by atoms with van der Waals surface area (Å²) in [5.41, 5.74) is 1.18. The maximum absolute atomic E-state index is 11.4. The first kappa shape index (κ1) is 14.4. The van der Waals surface area contributed by atoms with Crippen LogP contribution in [0.3, 0.4) is 0 Å². The van der Waals surface area contributed by atoms with E-state index in [1.807, 2.05) is 0 Å². The Kier molecular flexibility index (Phi) is 5.30. The van der Waals surface area contributed by atoms with Gasteiger partial charge >= 0.3 is 5.97 Å². The number of H-pyrrole nitrogens is 1. The van der Waals surface area contributed by atoms with E-state index < -0.39 is 0 Å². The molecule has 2 rings (SSSR count). The second-order valence-electron chi connectivity index (χ2n) is 4.65. The van der Waals surface area contributed by atoms with Gasteiger partial charge in [0.1, 0.15) is 6.61 Å². The van der Waals surface area contributed by atoms with E-state index in [1.165, 1.54) is 5.69 Å². The van der Waals surface area contributed by atoms with Crippen LogP contribution >= 0.6 is 23.6 Å². The average molecular weight is 298 g/mol. The molecule has 104 valence electrons. The molecule has 0 unspecified atom stereocenters. The molecule has 2 heterocycles. The number of carbonyl (C=O) groups is 1. The van der Waals surface area contributed by atoms with Crippen molar-refractivity contribution in [2.24, 2.45) is 0 Å². The van der Waals surface area contributed by atoms with Gasteiger partial charge in [-0.2, -0.15) is 0 Å². The van der Waals surface area contributed by atoms with E-state index in [2.05, 4.69) is 22.3 Å². The van der Waals surface area contributed by atoms with Gasteiger partial charge in [-0.3, -0.25) is 4.79 Å². The monoisotopic (exact) mass is 298 g/mol. The molecule has 0 aliphatic carbocycles. The molecule has 2 N–H and O–H groups in total. The molecule has 1 aromatic heterocycles. The van der Waals surface area contributed by atoms with Gasteiger partial charge in [-0.25, -0.2) is 0 Å². The Morgan fingerprint density at radius 3 is 3.21 bits per heavy atom. The Labute approximate surface area is 121 Å². The Bertz CT molecular complexity index is 495. The molecule has 0 radical (unpaired) electrons. The highest BCUT2D eigenvalue weighted by molar-refractivity contribution is 7.73. The van der Waals surface area contributed by atoms with Crippen molar-refractivity contribution in [2.45, 2.75) is 31.2 Å². The molecular weight excluding hydrogens is 280 g/mol. The summed E-state index contributed by atoms with van der Waals surface area (Å²) in [6, 6.07) is 0.236. The van der Waals surface area contributed by atoms with Crippen LogP contribution < -0.4 is 5.32 Å². The summed E-state index contributed by atoms with van der Waals surface area (Å²) in [4.78, 5) is 14.6. The van der Waals surface area contributed by atoms with Gasteiger partial charge < -0.3 is 15.0 Å². The number of aromatic amines is 1. The second-order valence-corrected chi connectivity index (χ2v) is 6.20. The molecule has 0 amide bonds. The molecule has 4 nitrogen and oxygen atoms in total. The minimum Gasteiger partial charge on any atom is -0.464 e. The minimum absolute atomic E-state index is 0.153. The molecule has 1 fully saturated rings. The normalized spacial score (nSPS) is 22.3. The maximum Gasteiger partial charge on any atom is 0.306 e. The fraction of sp³-hybridized carbons (Fsp3) is 0.538. The third-order valence-corrected chi connectivity index (χ3v) is 4.28. The largest absolute Gasteiger partial charge is 0.464 e. The van der Waals surface area contributed by atoms with Gasteiger partial charge in [-0.15, -0.1) is 17.9 Å². The predicted molar refractivity (Wildman–Crippen MR) is 79.0 cm³/mol. The summed E-state index contributed by atoms with van der Waals surface area (Å²) in [6.45, 7) is 4.93. The van der Waals surface area contributed by atoms with Crippen LogP contribution in [0.15, 0.2) is 18.0 Å². The second kappa shape index (κ2) is 6.98. The molecule has 1 aliphatic rings. The van der Waals surface area contributed by atoms with Crippen LogP contribution in [0.5, 0.6) is 0 Å². The number of rotatable bonds is 6. The fourth-order valence-corrected chi connectivity index (χ4v) is 3.08.